The van der Waals surface area contributed by atoms with E-state index in [1.807, 2.05) is 17.0 Å². The molecule has 1 aromatic carbocycles. The molecule has 1 spiro atoms. The number of guanidine groups is 1. The molecular formula is C21H25ClN8O3. The Labute approximate surface area is 195 Å². The Balaban J connectivity index is 1.27. The van der Waals surface area contributed by atoms with E-state index in [4.69, 9.17) is 23.1 Å². The van der Waals surface area contributed by atoms with Crippen LogP contribution in [0.4, 0.5) is 11.6 Å². The van der Waals surface area contributed by atoms with Crippen LogP contribution in [0.15, 0.2) is 29.3 Å². The number of piperidine rings is 1. The lowest BCUT2D eigenvalue weighted by Crippen LogP contribution is -2.57. The van der Waals surface area contributed by atoms with Gasteiger partial charge in [-0.25, -0.2) is 9.97 Å². The highest BCUT2D eigenvalue weighted by Gasteiger charge is 2.40. The number of amides is 2. The number of nitrogens with two attached hydrogens (primary N) is 2. The van der Waals surface area contributed by atoms with E-state index in [1.54, 1.807) is 12.1 Å². The van der Waals surface area contributed by atoms with Gasteiger partial charge in [0.05, 0.1) is 12.1 Å². The normalized spacial score (nSPS) is 16.9. The molecule has 0 bridgehead atoms. The van der Waals surface area contributed by atoms with Crippen molar-refractivity contribution >= 4 is 41.0 Å². The summed E-state index contributed by atoms with van der Waals surface area (Å²) >= 11 is 5.84. The summed E-state index contributed by atoms with van der Waals surface area (Å²) in [5, 5.41) is 15.2. The van der Waals surface area contributed by atoms with Crippen LogP contribution >= 0.6 is 11.6 Å². The predicted octanol–water partition coefficient (Wildman–Crippen LogP) is 0.683. The van der Waals surface area contributed by atoms with Crippen LogP contribution in [0.2, 0.25) is 5.15 Å². The fraction of sp³-hybridized carbons (Fsp3) is 0.381. The summed E-state index contributed by atoms with van der Waals surface area (Å²) in [4.78, 5) is 39.1. The van der Waals surface area contributed by atoms with Crippen molar-refractivity contribution in [3.05, 3.63) is 40.7 Å². The molecule has 1 saturated heterocycles. The Bertz CT molecular complexity index is 1100. The lowest BCUT2D eigenvalue weighted by atomic mass is 9.88. The number of halogens is 1. The van der Waals surface area contributed by atoms with Crippen molar-refractivity contribution in [2.75, 3.05) is 31.1 Å². The van der Waals surface area contributed by atoms with Crippen LogP contribution in [0.25, 0.3) is 0 Å². The molecule has 2 aliphatic rings. The number of nitrogens with zero attached hydrogens (tertiary/aromatic N) is 4. The Kier molecular flexibility index (Phi) is 6.23. The molecule has 174 valence electrons. The first-order valence-electron chi connectivity index (χ1n) is 10.5. The first-order valence-corrected chi connectivity index (χ1v) is 10.9. The molecule has 33 heavy (non-hydrogen) atoms. The molecule has 2 aromatic rings. The average molecular weight is 473 g/mol. The first kappa shape index (κ1) is 22.6. The molecule has 0 atom stereocenters. The minimum atomic E-state index is -0.591. The number of hydrogen-bond donors (Lipinski definition) is 5. The third-order valence-electron chi connectivity index (χ3n) is 5.91. The molecule has 3 heterocycles. The number of likely N-dealkylation sites (tertiary alicyclic amines) is 1. The van der Waals surface area contributed by atoms with Crippen LogP contribution in [0.1, 0.15) is 35.3 Å². The molecule has 11 nitrogen and oxygen atoms in total. The van der Waals surface area contributed by atoms with Crippen LogP contribution < -0.4 is 22.1 Å². The smallest absolute Gasteiger partial charge is 0.280 e. The highest BCUT2D eigenvalue weighted by molar-refractivity contribution is 6.31. The zero-order valence-corrected chi connectivity index (χ0v) is 18.6. The molecular weight excluding hydrogens is 448 g/mol. The fourth-order valence-electron chi connectivity index (χ4n) is 3.95. The van der Waals surface area contributed by atoms with E-state index in [-0.39, 0.29) is 39.7 Å². The number of anilines is 2. The minimum Gasteiger partial charge on any atom is -0.508 e. The van der Waals surface area contributed by atoms with Gasteiger partial charge in [0.1, 0.15) is 5.75 Å². The second-order valence-corrected chi connectivity index (χ2v) is 8.56. The van der Waals surface area contributed by atoms with Gasteiger partial charge in [-0.3, -0.25) is 19.9 Å². The number of carbonyl (C=O) groups is 2. The fourth-order valence-corrected chi connectivity index (χ4v) is 4.07. The number of aliphatic imine (C=N–C) groups is 1. The van der Waals surface area contributed by atoms with Crippen molar-refractivity contribution < 1.29 is 14.7 Å². The molecule has 7 N–H and O–H groups in total. The summed E-state index contributed by atoms with van der Waals surface area (Å²) in [6.07, 6.45) is 2.45. The number of aryl methyl sites for hydroxylation is 1. The van der Waals surface area contributed by atoms with E-state index in [2.05, 4.69) is 25.6 Å². The molecule has 2 aliphatic heterocycles. The molecule has 0 saturated carbocycles. The minimum absolute atomic E-state index is 0.0506. The number of phenolic OH excluding ortho intramolecular Hbond substituents is 1. The summed E-state index contributed by atoms with van der Waals surface area (Å²) in [6.45, 7) is 1.69. The lowest BCUT2D eigenvalue weighted by molar-refractivity contribution is -0.132. The van der Waals surface area contributed by atoms with E-state index >= 15 is 0 Å². The van der Waals surface area contributed by atoms with E-state index in [9.17, 15) is 14.7 Å². The van der Waals surface area contributed by atoms with Crippen LogP contribution in [-0.4, -0.2) is 62.9 Å². The number of nitrogen functional groups attached to an aromatic ring is 2. The highest BCUT2D eigenvalue weighted by atomic mass is 35.5. The SMILES string of the molecule is Nc1nc(N)c(C(=O)NC2=NCC3(CCN(C(=O)CCc4ccc(O)cc4)CC3)N2)nc1Cl. The van der Waals surface area contributed by atoms with E-state index in [0.717, 1.165) is 5.56 Å². The van der Waals surface area contributed by atoms with Crippen LogP contribution in [0.3, 0.4) is 0 Å². The molecule has 0 radical (unpaired) electrons. The average Bonchev–Trinajstić information content (AvgIpc) is 3.17. The molecule has 12 heteroatoms. The van der Waals surface area contributed by atoms with Gasteiger partial charge >= 0.3 is 0 Å². The molecule has 0 unspecified atom stereocenters. The van der Waals surface area contributed by atoms with E-state index in [0.29, 0.717) is 51.3 Å². The molecule has 4 rings (SSSR count). The van der Waals surface area contributed by atoms with Gasteiger partial charge in [0.2, 0.25) is 5.91 Å². The number of rotatable bonds is 4. The summed E-state index contributed by atoms with van der Waals surface area (Å²) in [5.74, 6) is -0.137. The summed E-state index contributed by atoms with van der Waals surface area (Å²) in [6, 6.07) is 6.88. The maximum Gasteiger partial charge on any atom is 0.280 e. The van der Waals surface area contributed by atoms with Gasteiger partial charge < -0.3 is 26.8 Å². The van der Waals surface area contributed by atoms with E-state index in [1.165, 1.54) is 0 Å². The number of carbonyl (C=O) groups excluding carboxylic acids is 2. The standard InChI is InChI=1S/C21H25ClN8O3/c22-16-18(24)27-17(23)15(26-16)19(33)28-20-25-11-21(29-20)7-9-30(10-8-21)14(32)6-3-12-1-4-13(31)5-2-12/h1-2,4-5,31H,3,6-11H2,(H4,23,24,27)(H2,25,28,29,33). The van der Waals surface area contributed by atoms with Gasteiger partial charge in [-0.2, -0.15) is 0 Å². The summed E-state index contributed by atoms with van der Waals surface area (Å²) in [5.41, 5.74) is 11.8. The zero-order valence-electron chi connectivity index (χ0n) is 17.8. The van der Waals surface area contributed by atoms with Crippen molar-refractivity contribution in [1.29, 1.82) is 0 Å². The second kappa shape index (κ2) is 9.10. The third-order valence-corrected chi connectivity index (χ3v) is 6.19. The largest absolute Gasteiger partial charge is 0.508 e. The predicted molar refractivity (Wildman–Crippen MR) is 124 cm³/mol. The number of benzene rings is 1. The number of hydrogen-bond acceptors (Lipinski definition) is 9. The Morgan fingerprint density at radius 1 is 1.15 bits per heavy atom. The first-order chi connectivity index (χ1) is 15.7. The van der Waals surface area contributed by atoms with E-state index < -0.39 is 5.91 Å². The Morgan fingerprint density at radius 3 is 2.55 bits per heavy atom. The Hall–Kier alpha value is -3.60. The zero-order chi connectivity index (χ0) is 23.6. The molecule has 1 fully saturated rings. The Morgan fingerprint density at radius 2 is 1.85 bits per heavy atom. The van der Waals surface area contributed by atoms with Crippen LogP contribution in [0, 0.1) is 0 Å². The van der Waals surface area contributed by atoms with Crippen molar-refractivity contribution in [3.8, 4) is 5.75 Å². The second-order valence-electron chi connectivity index (χ2n) is 8.21. The lowest BCUT2D eigenvalue weighted by Gasteiger charge is -2.39. The summed E-state index contributed by atoms with van der Waals surface area (Å²) < 4.78 is 0. The van der Waals surface area contributed by atoms with Crippen LogP contribution in [0.5, 0.6) is 5.75 Å². The van der Waals surface area contributed by atoms with Gasteiger partial charge in [-0.15, -0.1) is 0 Å². The number of phenols is 1. The van der Waals surface area contributed by atoms with Crippen molar-refractivity contribution in [2.45, 2.75) is 31.2 Å². The van der Waals surface area contributed by atoms with Gasteiger partial charge in [0.15, 0.2) is 28.4 Å². The number of aromatic nitrogens is 2. The van der Waals surface area contributed by atoms with Crippen molar-refractivity contribution in [2.24, 2.45) is 4.99 Å². The van der Waals surface area contributed by atoms with Gasteiger partial charge in [0, 0.05) is 19.5 Å². The quantitative estimate of drug-likeness (QED) is 0.432. The summed E-state index contributed by atoms with van der Waals surface area (Å²) in [7, 11) is 0. The number of nitrogens with one attached hydrogen (secondary N) is 2. The third kappa shape index (κ3) is 5.08. The topological polar surface area (TPSA) is 172 Å². The van der Waals surface area contributed by atoms with Gasteiger partial charge in [-0.05, 0) is 37.0 Å². The molecule has 2 amide bonds. The maximum absolute atomic E-state index is 12.6. The number of aromatic hydroxyl groups is 1. The van der Waals surface area contributed by atoms with Crippen LogP contribution in [-0.2, 0) is 11.2 Å². The molecule has 1 aromatic heterocycles. The van der Waals surface area contributed by atoms with Crippen molar-refractivity contribution in [3.63, 3.8) is 0 Å². The molecule has 0 aliphatic carbocycles. The highest BCUT2D eigenvalue weighted by Crippen LogP contribution is 2.26. The van der Waals surface area contributed by atoms with Gasteiger partial charge in [0.25, 0.3) is 5.91 Å². The maximum atomic E-state index is 12.6. The van der Waals surface area contributed by atoms with Gasteiger partial charge in [-0.1, -0.05) is 23.7 Å². The van der Waals surface area contributed by atoms with Crippen molar-refractivity contribution in [1.82, 2.24) is 25.5 Å². The monoisotopic (exact) mass is 472 g/mol.